The molecule has 0 saturated heterocycles. The zero-order chi connectivity index (χ0) is 17.8. The molecule has 4 aromatic rings. The molecular formula is C22H19N3O. The Morgan fingerprint density at radius 3 is 2.08 bits per heavy atom. The van der Waals surface area contributed by atoms with Crippen LogP contribution < -0.4 is 5.43 Å². The largest absolute Gasteiger partial charge is 0.340 e. The monoisotopic (exact) mass is 341 g/mol. The molecule has 3 aromatic carbocycles. The molecule has 0 radical (unpaired) electrons. The molecule has 4 nitrogen and oxygen atoms in total. The fraction of sp³-hybridized carbons (Fsp3) is 0.0909. The molecule has 0 atom stereocenters. The lowest BCUT2D eigenvalue weighted by Crippen LogP contribution is -2.19. The van der Waals surface area contributed by atoms with Gasteiger partial charge in [-0.2, -0.15) is 5.10 Å². The van der Waals surface area contributed by atoms with Crippen molar-refractivity contribution in [3.63, 3.8) is 0 Å². The molecule has 0 spiro atoms. The first-order valence-corrected chi connectivity index (χ1v) is 8.66. The van der Waals surface area contributed by atoms with Gasteiger partial charge in [0.1, 0.15) is 0 Å². The molecular weight excluding hydrogens is 322 g/mol. The molecule has 0 bridgehead atoms. The van der Waals surface area contributed by atoms with E-state index in [0.29, 0.717) is 13.0 Å². The molecule has 0 fully saturated rings. The molecule has 0 aliphatic rings. The van der Waals surface area contributed by atoms with Crippen molar-refractivity contribution in [2.75, 3.05) is 0 Å². The van der Waals surface area contributed by atoms with Crippen LogP contribution in [0.3, 0.4) is 0 Å². The fourth-order valence-corrected chi connectivity index (χ4v) is 3.23. The minimum Gasteiger partial charge on any atom is -0.340 e. The third-order valence-electron chi connectivity index (χ3n) is 4.44. The molecule has 1 amide bonds. The van der Waals surface area contributed by atoms with E-state index in [2.05, 4.69) is 39.4 Å². The number of carbonyl (C=O) groups excluding carboxylic acids is 1. The van der Waals surface area contributed by atoms with Gasteiger partial charge in [-0.25, -0.2) is 5.43 Å². The number of carbonyl (C=O) groups is 1. The van der Waals surface area contributed by atoms with Gasteiger partial charge in [0.05, 0.1) is 6.21 Å². The van der Waals surface area contributed by atoms with E-state index < -0.39 is 0 Å². The van der Waals surface area contributed by atoms with Crippen LogP contribution in [0.4, 0.5) is 0 Å². The Balaban J connectivity index is 1.49. The van der Waals surface area contributed by atoms with Crippen LogP contribution in [0.1, 0.15) is 12.0 Å². The van der Waals surface area contributed by atoms with Gasteiger partial charge in [-0.05, 0) is 17.7 Å². The van der Waals surface area contributed by atoms with Gasteiger partial charge >= 0.3 is 0 Å². The van der Waals surface area contributed by atoms with E-state index in [-0.39, 0.29) is 5.91 Å². The third-order valence-corrected chi connectivity index (χ3v) is 4.44. The topological polar surface area (TPSA) is 46.4 Å². The van der Waals surface area contributed by atoms with Crippen LogP contribution in [-0.4, -0.2) is 16.7 Å². The zero-order valence-electron chi connectivity index (χ0n) is 14.3. The maximum atomic E-state index is 12.2. The molecule has 0 saturated carbocycles. The number of aromatic nitrogens is 1. The number of hydrogen-bond acceptors (Lipinski definition) is 2. The van der Waals surface area contributed by atoms with Crippen LogP contribution in [-0.2, 0) is 11.3 Å². The first kappa shape index (κ1) is 16.1. The molecule has 1 N–H and O–H groups in total. The van der Waals surface area contributed by atoms with Gasteiger partial charge in [-0.15, -0.1) is 0 Å². The predicted molar refractivity (Wildman–Crippen MR) is 106 cm³/mol. The van der Waals surface area contributed by atoms with Crippen molar-refractivity contribution < 1.29 is 4.79 Å². The average molecular weight is 341 g/mol. The number of aryl methyl sites for hydroxylation is 1. The molecule has 4 heteroatoms. The summed E-state index contributed by atoms with van der Waals surface area (Å²) in [6, 6.07) is 26.3. The number of nitrogens with zero attached hydrogens (tertiary/aromatic N) is 2. The van der Waals surface area contributed by atoms with Gasteiger partial charge in [0.15, 0.2) is 0 Å². The average Bonchev–Trinajstić information content (AvgIpc) is 3.01. The smallest absolute Gasteiger partial charge is 0.241 e. The lowest BCUT2D eigenvalue weighted by Gasteiger charge is -2.06. The quantitative estimate of drug-likeness (QED) is 0.426. The summed E-state index contributed by atoms with van der Waals surface area (Å²) in [6.07, 6.45) is 2.02. The van der Waals surface area contributed by atoms with Gasteiger partial charge in [-0.1, -0.05) is 66.7 Å². The van der Waals surface area contributed by atoms with Crippen molar-refractivity contribution in [1.82, 2.24) is 9.99 Å². The highest BCUT2D eigenvalue weighted by molar-refractivity contribution is 6.08. The molecule has 128 valence electrons. The predicted octanol–water partition coefficient (Wildman–Crippen LogP) is 4.33. The summed E-state index contributed by atoms with van der Waals surface area (Å²) in [6.45, 7) is 0.612. The number of hydrogen-bond donors (Lipinski definition) is 1. The number of nitrogens with one attached hydrogen (secondary N) is 1. The van der Waals surface area contributed by atoms with Crippen molar-refractivity contribution >= 4 is 33.9 Å². The van der Waals surface area contributed by atoms with Crippen LogP contribution in [0, 0.1) is 0 Å². The van der Waals surface area contributed by atoms with Crippen LogP contribution >= 0.6 is 0 Å². The van der Waals surface area contributed by atoms with Crippen molar-refractivity contribution in [1.29, 1.82) is 0 Å². The molecule has 1 aromatic heterocycles. The van der Waals surface area contributed by atoms with Crippen LogP contribution in [0.15, 0.2) is 84.0 Å². The van der Waals surface area contributed by atoms with E-state index >= 15 is 0 Å². The van der Waals surface area contributed by atoms with Gasteiger partial charge in [0.2, 0.25) is 5.91 Å². The number of rotatable bonds is 5. The van der Waals surface area contributed by atoms with E-state index in [1.54, 1.807) is 6.21 Å². The van der Waals surface area contributed by atoms with Crippen molar-refractivity contribution in [2.45, 2.75) is 13.0 Å². The Bertz CT molecular complexity index is 1030. The molecule has 0 aliphatic carbocycles. The Hall–Kier alpha value is -3.40. The molecule has 1 heterocycles. The maximum absolute atomic E-state index is 12.2. The lowest BCUT2D eigenvalue weighted by atomic mass is 10.2. The minimum atomic E-state index is -0.0981. The third kappa shape index (κ3) is 3.22. The Morgan fingerprint density at radius 1 is 0.846 bits per heavy atom. The summed E-state index contributed by atoms with van der Waals surface area (Å²) in [5.74, 6) is -0.0981. The normalized spacial score (nSPS) is 11.4. The standard InChI is InChI=1S/C22H19N3O/c26-22(24-23-16-17-8-2-1-3-9-17)14-15-25-20-12-6-4-10-18(20)19-11-5-7-13-21(19)25/h1-13,16H,14-15H2,(H,24,26). The first-order chi connectivity index (χ1) is 12.8. The number of para-hydroxylation sites is 2. The van der Waals surface area contributed by atoms with E-state index in [9.17, 15) is 4.79 Å². The summed E-state index contributed by atoms with van der Waals surface area (Å²) < 4.78 is 2.20. The molecule has 4 rings (SSSR count). The van der Waals surface area contributed by atoms with Crippen LogP contribution in [0.25, 0.3) is 21.8 Å². The van der Waals surface area contributed by atoms with Crippen molar-refractivity contribution in [2.24, 2.45) is 5.10 Å². The second-order valence-electron chi connectivity index (χ2n) is 6.14. The summed E-state index contributed by atoms with van der Waals surface area (Å²) in [7, 11) is 0. The number of benzene rings is 3. The summed E-state index contributed by atoms with van der Waals surface area (Å²) in [5, 5.41) is 6.46. The Labute approximate surface area is 151 Å². The second kappa shape index (κ2) is 7.23. The van der Waals surface area contributed by atoms with Gasteiger partial charge in [-0.3, -0.25) is 4.79 Å². The highest BCUT2D eigenvalue weighted by Gasteiger charge is 2.10. The van der Waals surface area contributed by atoms with Crippen molar-refractivity contribution in [3.05, 3.63) is 84.4 Å². The maximum Gasteiger partial charge on any atom is 0.241 e. The van der Waals surface area contributed by atoms with Gasteiger partial charge in [0, 0.05) is 34.8 Å². The zero-order valence-corrected chi connectivity index (χ0v) is 14.3. The lowest BCUT2D eigenvalue weighted by molar-refractivity contribution is -0.121. The minimum absolute atomic E-state index is 0.0981. The molecule has 0 unspecified atom stereocenters. The second-order valence-corrected chi connectivity index (χ2v) is 6.14. The summed E-state index contributed by atoms with van der Waals surface area (Å²) >= 11 is 0. The highest BCUT2D eigenvalue weighted by Crippen LogP contribution is 2.28. The number of amides is 1. The Kier molecular flexibility index (Phi) is 4.48. The van der Waals surface area contributed by atoms with Crippen LogP contribution in [0.5, 0.6) is 0 Å². The summed E-state index contributed by atoms with van der Waals surface area (Å²) in [5.41, 5.74) is 5.86. The molecule has 0 aliphatic heterocycles. The van der Waals surface area contributed by atoms with E-state index in [4.69, 9.17) is 0 Å². The SMILES string of the molecule is O=C(CCn1c2ccccc2c2ccccc21)NN=Cc1ccccc1. The van der Waals surface area contributed by atoms with E-state index in [1.165, 1.54) is 10.8 Å². The highest BCUT2D eigenvalue weighted by atomic mass is 16.2. The van der Waals surface area contributed by atoms with Crippen LogP contribution in [0.2, 0.25) is 0 Å². The Morgan fingerprint density at radius 2 is 1.42 bits per heavy atom. The van der Waals surface area contributed by atoms with Gasteiger partial charge < -0.3 is 4.57 Å². The number of fused-ring (bicyclic) bond motifs is 3. The van der Waals surface area contributed by atoms with Gasteiger partial charge in [0.25, 0.3) is 0 Å². The van der Waals surface area contributed by atoms with Crippen molar-refractivity contribution in [3.8, 4) is 0 Å². The number of hydrazone groups is 1. The fourth-order valence-electron chi connectivity index (χ4n) is 3.23. The summed E-state index contributed by atoms with van der Waals surface area (Å²) in [4.78, 5) is 12.2. The van der Waals surface area contributed by atoms with E-state index in [1.807, 2.05) is 54.6 Å². The first-order valence-electron chi connectivity index (χ1n) is 8.66. The molecule has 26 heavy (non-hydrogen) atoms. The van der Waals surface area contributed by atoms with E-state index in [0.717, 1.165) is 16.6 Å².